The van der Waals surface area contributed by atoms with E-state index in [1.54, 1.807) is 4.90 Å². The lowest BCUT2D eigenvalue weighted by Crippen LogP contribution is -2.36. The van der Waals surface area contributed by atoms with Crippen molar-refractivity contribution in [3.05, 3.63) is 83.4 Å². The molecule has 25 heavy (non-hydrogen) atoms. The van der Waals surface area contributed by atoms with Gasteiger partial charge in [0.05, 0.1) is 12.6 Å². The molecular weight excluding hydrogens is 310 g/mol. The number of carbonyl (C=O) groups is 1. The maximum atomic E-state index is 12.7. The van der Waals surface area contributed by atoms with Crippen LogP contribution in [0, 0.1) is 11.8 Å². The fraction of sp³-hybridized carbons (Fsp3) is 0.227. The molecule has 2 rings (SSSR count). The molecule has 1 atom stereocenters. The Bertz CT molecular complexity index is 766. The zero-order chi connectivity index (χ0) is 18.1. The predicted molar refractivity (Wildman–Crippen MR) is 101 cm³/mol. The fourth-order valence-corrected chi connectivity index (χ4v) is 2.41. The number of carbonyl (C=O) groups excluding carboxylic acids is 1. The van der Waals surface area contributed by atoms with E-state index in [1.807, 2.05) is 80.6 Å². The Morgan fingerprint density at radius 2 is 1.68 bits per heavy atom. The highest BCUT2D eigenvalue weighted by molar-refractivity contribution is 5.94. The Balaban J connectivity index is 2.30. The van der Waals surface area contributed by atoms with Crippen LogP contribution in [0.2, 0.25) is 0 Å². The van der Waals surface area contributed by atoms with E-state index in [2.05, 4.69) is 11.8 Å². The minimum atomic E-state index is -0.422. The lowest BCUT2D eigenvalue weighted by atomic mass is 10.1. The van der Waals surface area contributed by atoms with Gasteiger partial charge < -0.3 is 10.0 Å². The summed E-state index contributed by atoms with van der Waals surface area (Å²) >= 11 is 0. The molecule has 1 amide bonds. The Labute approximate surface area is 149 Å². The van der Waals surface area contributed by atoms with E-state index in [9.17, 15) is 9.90 Å². The van der Waals surface area contributed by atoms with Crippen LogP contribution in [0.5, 0.6) is 0 Å². The van der Waals surface area contributed by atoms with Crippen molar-refractivity contribution in [2.45, 2.75) is 19.9 Å². The number of benzene rings is 2. The van der Waals surface area contributed by atoms with E-state index in [0.717, 1.165) is 16.7 Å². The van der Waals surface area contributed by atoms with Gasteiger partial charge in [-0.1, -0.05) is 66.1 Å². The van der Waals surface area contributed by atoms with Crippen LogP contribution >= 0.6 is 0 Å². The number of allylic oxidation sites excluding steroid dienone is 1. The summed E-state index contributed by atoms with van der Waals surface area (Å²) in [7, 11) is 0. The van der Waals surface area contributed by atoms with E-state index in [4.69, 9.17) is 0 Å². The van der Waals surface area contributed by atoms with Crippen LogP contribution < -0.4 is 0 Å². The number of amides is 1. The normalized spacial score (nSPS) is 11.0. The third kappa shape index (κ3) is 5.63. The second-order valence-corrected chi connectivity index (χ2v) is 5.96. The Kier molecular flexibility index (Phi) is 7.00. The topological polar surface area (TPSA) is 40.5 Å². The summed E-state index contributed by atoms with van der Waals surface area (Å²) in [5.74, 6) is 5.30. The van der Waals surface area contributed by atoms with Crippen molar-refractivity contribution < 1.29 is 9.90 Å². The minimum Gasteiger partial charge on any atom is -0.394 e. The maximum absolute atomic E-state index is 12.7. The van der Waals surface area contributed by atoms with Gasteiger partial charge in [-0.15, -0.1) is 0 Å². The summed E-state index contributed by atoms with van der Waals surface area (Å²) in [5.41, 5.74) is 2.79. The molecule has 0 aliphatic rings. The SMILES string of the molecule is CC(C)=CCN(C(=O)C#Cc1ccccc1)[C@H](CO)c1ccccc1. The van der Waals surface area contributed by atoms with E-state index in [1.165, 1.54) is 0 Å². The van der Waals surface area contributed by atoms with E-state index in [-0.39, 0.29) is 12.5 Å². The van der Waals surface area contributed by atoms with E-state index >= 15 is 0 Å². The van der Waals surface area contributed by atoms with Crippen molar-refractivity contribution in [3.63, 3.8) is 0 Å². The van der Waals surface area contributed by atoms with Crippen LogP contribution in [0.25, 0.3) is 0 Å². The van der Waals surface area contributed by atoms with Crippen molar-refractivity contribution in [2.75, 3.05) is 13.2 Å². The zero-order valence-electron chi connectivity index (χ0n) is 14.6. The largest absolute Gasteiger partial charge is 0.394 e. The maximum Gasteiger partial charge on any atom is 0.299 e. The van der Waals surface area contributed by atoms with E-state index < -0.39 is 6.04 Å². The highest BCUT2D eigenvalue weighted by atomic mass is 16.3. The molecule has 0 bridgehead atoms. The quantitative estimate of drug-likeness (QED) is 0.671. The molecule has 0 saturated carbocycles. The summed E-state index contributed by atoms with van der Waals surface area (Å²) in [4.78, 5) is 14.3. The molecular formula is C22H23NO2. The van der Waals surface area contributed by atoms with Gasteiger partial charge >= 0.3 is 0 Å². The molecule has 0 aliphatic carbocycles. The van der Waals surface area contributed by atoms with Crippen molar-refractivity contribution >= 4 is 5.91 Å². The molecule has 2 aromatic carbocycles. The highest BCUT2D eigenvalue weighted by Gasteiger charge is 2.22. The van der Waals surface area contributed by atoms with Gasteiger partial charge in [-0.25, -0.2) is 0 Å². The van der Waals surface area contributed by atoms with Crippen LogP contribution in [-0.2, 0) is 4.79 Å². The summed E-state index contributed by atoms with van der Waals surface area (Å²) in [6, 6.07) is 18.5. The van der Waals surface area contributed by atoms with Crippen LogP contribution in [0.4, 0.5) is 0 Å². The number of aliphatic hydroxyl groups is 1. The fourth-order valence-electron chi connectivity index (χ4n) is 2.41. The second-order valence-electron chi connectivity index (χ2n) is 5.96. The van der Waals surface area contributed by atoms with Gasteiger partial charge in [0, 0.05) is 18.0 Å². The first-order chi connectivity index (χ1) is 12.1. The molecule has 0 aliphatic heterocycles. The Morgan fingerprint density at radius 3 is 2.24 bits per heavy atom. The van der Waals surface area contributed by atoms with Gasteiger partial charge in [-0.2, -0.15) is 0 Å². The second kappa shape index (κ2) is 9.46. The first-order valence-electron chi connectivity index (χ1n) is 8.28. The number of hydrogen-bond acceptors (Lipinski definition) is 2. The lowest BCUT2D eigenvalue weighted by Gasteiger charge is -2.28. The van der Waals surface area contributed by atoms with Gasteiger partial charge in [-0.3, -0.25) is 4.79 Å². The van der Waals surface area contributed by atoms with Gasteiger partial charge in [0.1, 0.15) is 0 Å². The molecule has 0 saturated heterocycles. The van der Waals surface area contributed by atoms with Crippen LogP contribution in [0.1, 0.15) is 31.0 Å². The molecule has 128 valence electrons. The van der Waals surface area contributed by atoms with Crippen LogP contribution in [-0.4, -0.2) is 29.1 Å². The monoisotopic (exact) mass is 333 g/mol. The zero-order valence-corrected chi connectivity index (χ0v) is 14.6. The van der Waals surface area contributed by atoms with Gasteiger partial charge in [0.2, 0.25) is 0 Å². The van der Waals surface area contributed by atoms with Gasteiger partial charge in [-0.05, 0) is 31.5 Å². The number of aliphatic hydroxyl groups excluding tert-OH is 1. The minimum absolute atomic E-state index is 0.153. The molecule has 0 spiro atoms. The van der Waals surface area contributed by atoms with Gasteiger partial charge in [0.25, 0.3) is 5.91 Å². The summed E-state index contributed by atoms with van der Waals surface area (Å²) in [6.45, 7) is 4.22. The molecule has 3 nitrogen and oxygen atoms in total. The Morgan fingerprint density at radius 1 is 1.08 bits per heavy atom. The third-order valence-electron chi connectivity index (χ3n) is 3.78. The Hall–Kier alpha value is -2.83. The molecule has 2 aromatic rings. The highest BCUT2D eigenvalue weighted by Crippen LogP contribution is 2.20. The van der Waals surface area contributed by atoms with Crippen molar-refractivity contribution in [2.24, 2.45) is 0 Å². The lowest BCUT2D eigenvalue weighted by molar-refractivity contribution is -0.127. The average molecular weight is 333 g/mol. The van der Waals surface area contributed by atoms with Crippen molar-refractivity contribution in [1.82, 2.24) is 4.90 Å². The number of nitrogens with zero attached hydrogens (tertiary/aromatic N) is 1. The number of hydrogen-bond donors (Lipinski definition) is 1. The smallest absolute Gasteiger partial charge is 0.299 e. The first-order valence-corrected chi connectivity index (χ1v) is 8.28. The average Bonchev–Trinajstić information content (AvgIpc) is 2.64. The molecule has 3 heteroatoms. The molecule has 0 fully saturated rings. The molecule has 0 unspecified atom stereocenters. The summed E-state index contributed by atoms with van der Waals surface area (Å²) < 4.78 is 0. The molecule has 0 heterocycles. The van der Waals surface area contributed by atoms with Crippen LogP contribution in [0.15, 0.2) is 72.3 Å². The third-order valence-corrected chi connectivity index (χ3v) is 3.78. The van der Waals surface area contributed by atoms with Crippen molar-refractivity contribution in [3.8, 4) is 11.8 Å². The summed E-state index contributed by atoms with van der Waals surface area (Å²) in [6.07, 6.45) is 1.97. The predicted octanol–water partition coefficient (Wildman–Crippen LogP) is 3.57. The van der Waals surface area contributed by atoms with Gasteiger partial charge in [0.15, 0.2) is 0 Å². The summed E-state index contributed by atoms with van der Waals surface area (Å²) in [5, 5.41) is 9.89. The van der Waals surface area contributed by atoms with Crippen molar-refractivity contribution in [1.29, 1.82) is 0 Å². The molecule has 0 radical (unpaired) electrons. The molecule has 1 N–H and O–H groups in total. The van der Waals surface area contributed by atoms with Crippen LogP contribution in [0.3, 0.4) is 0 Å². The molecule has 0 aromatic heterocycles. The standard InChI is InChI=1S/C22H23NO2/c1-18(2)15-16-23(21(17-24)20-11-7-4-8-12-20)22(25)14-13-19-9-5-3-6-10-19/h3-12,15,21,24H,16-17H2,1-2H3/t21-/m1/s1. The first kappa shape index (κ1) is 18.5. The number of rotatable bonds is 5. The van der Waals surface area contributed by atoms with E-state index in [0.29, 0.717) is 6.54 Å².